The Balaban J connectivity index is 2.50. The van der Waals surface area contributed by atoms with Gasteiger partial charge in [0.05, 0.1) is 6.10 Å². The van der Waals surface area contributed by atoms with Crippen molar-refractivity contribution in [2.24, 2.45) is 0 Å². The molecule has 2 nitrogen and oxygen atoms in total. The van der Waals surface area contributed by atoms with Crippen LogP contribution in [0.4, 0.5) is 20.2 Å². The summed E-state index contributed by atoms with van der Waals surface area (Å²) < 4.78 is 27.0. The highest BCUT2D eigenvalue weighted by atomic mass is 19.1. The molecule has 0 radical (unpaired) electrons. The lowest BCUT2D eigenvalue weighted by atomic mass is 10.1. The first kappa shape index (κ1) is 13.5. The van der Waals surface area contributed by atoms with Gasteiger partial charge in [-0.3, -0.25) is 0 Å². The van der Waals surface area contributed by atoms with Crippen LogP contribution in [0.5, 0.6) is 0 Å². The lowest BCUT2D eigenvalue weighted by molar-refractivity contribution is 0.194. The lowest BCUT2D eigenvalue weighted by Crippen LogP contribution is -2.14. The second-order valence-electron chi connectivity index (χ2n) is 4.39. The number of aliphatic hydroxyl groups excluding tert-OH is 1. The molecular formula is C15H15F2NO. The van der Waals surface area contributed by atoms with Gasteiger partial charge in [-0.1, -0.05) is 12.1 Å². The van der Waals surface area contributed by atoms with E-state index in [-0.39, 0.29) is 11.4 Å². The first-order valence-electron chi connectivity index (χ1n) is 5.96. The number of hydrogen-bond acceptors (Lipinski definition) is 2. The third kappa shape index (κ3) is 2.74. The van der Waals surface area contributed by atoms with E-state index in [4.69, 9.17) is 0 Å². The van der Waals surface area contributed by atoms with Gasteiger partial charge in [0, 0.05) is 24.0 Å². The summed E-state index contributed by atoms with van der Waals surface area (Å²) in [6.45, 7) is 1.50. The van der Waals surface area contributed by atoms with Gasteiger partial charge in [-0.05, 0) is 37.3 Å². The van der Waals surface area contributed by atoms with Crippen molar-refractivity contribution in [2.75, 3.05) is 11.9 Å². The summed E-state index contributed by atoms with van der Waals surface area (Å²) in [5, 5.41) is 9.70. The molecule has 19 heavy (non-hydrogen) atoms. The van der Waals surface area contributed by atoms with Gasteiger partial charge in [0.1, 0.15) is 11.6 Å². The van der Waals surface area contributed by atoms with Crippen molar-refractivity contribution >= 4 is 11.4 Å². The predicted octanol–water partition coefficient (Wildman–Crippen LogP) is 3.79. The molecule has 1 atom stereocenters. The highest BCUT2D eigenvalue weighted by Crippen LogP contribution is 2.32. The molecule has 0 aliphatic heterocycles. The zero-order chi connectivity index (χ0) is 14.0. The molecule has 2 aromatic carbocycles. The minimum atomic E-state index is -0.938. The molecule has 100 valence electrons. The van der Waals surface area contributed by atoms with Crippen molar-refractivity contribution < 1.29 is 13.9 Å². The Bertz CT molecular complexity index is 584. The van der Waals surface area contributed by atoms with Gasteiger partial charge < -0.3 is 10.0 Å². The maximum atomic E-state index is 13.8. The number of anilines is 2. The first-order chi connectivity index (χ1) is 9.00. The van der Waals surface area contributed by atoms with Gasteiger partial charge >= 0.3 is 0 Å². The number of benzene rings is 2. The summed E-state index contributed by atoms with van der Waals surface area (Å²) in [4.78, 5) is 1.65. The second kappa shape index (κ2) is 5.36. The Morgan fingerprint density at radius 3 is 2.42 bits per heavy atom. The van der Waals surface area contributed by atoms with Gasteiger partial charge in [-0.25, -0.2) is 8.78 Å². The summed E-state index contributed by atoms with van der Waals surface area (Å²) in [5.74, 6) is -0.838. The number of hydrogen-bond donors (Lipinski definition) is 1. The van der Waals surface area contributed by atoms with E-state index < -0.39 is 11.9 Å². The lowest BCUT2D eigenvalue weighted by Gasteiger charge is -2.24. The third-order valence-corrected chi connectivity index (χ3v) is 3.00. The molecule has 0 aromatic heterocycles. The molecule has 0 aliphatic carbocycles. The molecule has 1 N–H and O–H groups in total. The number of aliphatic hydroxyl groups is 1. The number of nitrogens with zero attached hydrogens (tertiary/aromatic N) is 1. The molecule has 2 rings (SSSR count). The van der Waals surface area contributed by atoms with Gasteiger partial charge in [-0.15, -0.1) is 0 Å². The average Bonchev–Trinajstić information content (AvgIpc) is 2.37. The van der Waals surface area contributed by atoms with E-state index in [1.165, 1.54) is 25.1 Å². The topological polar surface area (TPSA) is 23.5 Å². The Kier molecular flexibility index (Phi) is 3.81. The van der Waals surface area contributed by atoms with Crippen molar-refractivity contribution in [3.05, 3.63) is 59.7 Å². The van der Waals surface area contributed by atoms with Gasteiger partial charge in [0.25, 0.3) is 0 Å². The molecule has 0 spiro atoms. The fourth-order valence-corrected chi connectivity index (χ4v) is 2.06. The average molecular weight is 263 g/mol. The van der Waals surface area contributed by atoms with Crippen molar-refractivity contribution in [3.63, 3.8) is 0 Å². The molecule has 0 bridgehead atoms. The standard InChI is InChI=1S/C15H15F2NO/c1-10(19)15-13(17)7-4-8-14(15)18(2)12-6-3-5-11(16)9-12/h3-10,19H,1-2H3/t10-/m1/s1. The predicted molar refractivity (Wildman–Crippen MR) is 71.5 cm³/mol. The van der Waals surface area contributed by atoms with Crippen LogP contribution in [0.2, 0.25) is 0 Å². The molecule has 4 heteroatoms. The molecule has 2 aromatic rings. The van der Waals surface area contributed by atoms with E-state index in [9.17, 15) is 13.9 Å². The largest absolute Gasteiger partial charge is 0.389 e. The van der Waals surface area contributed by atoms with Crippen molar-refractivity contribution in [1.29, 1.82) is 0 Å². The van der Waals surface area contributed by atoms with E-state index in [0.717, 1.165) is 0 Å². The highest BCUT2D eigenvalue weighted by Gasteiger charge is 2.17. The first-order valence-corrected chi connectivity index (χ1v) is 5.96. The van der Waals surface area contributed by atoms with Crippen molar-refractivity contribution in [2.45, 2.75) is 13.0 Å². The Morgan fingerprint density at radius 2 is 1.79 bits per heavy atom. The summed E-state index contributed by atoms with van der Waals surface area (Å²) in [6, 6.07) is 10.6. The quantitative estimate of drug-likeness (QED) is 0.910. The maximum Gasteiger partial charge on any atom is 0.131 e. The van der Waals surface area contributed by atoms with Crippen LogP contribution in [0, 0.1) is 11.6 Å². The summed E-state index contributed by atoms with van der Waals surface area (Å²) in [5.41, 5.74) is 1.31. The van der Waals surface area contributed by atoms with Crippen LogP contribution in [0.25, 0.3) is 0 Å². The van der Waals surface area contributed by atoms with Crippen molar-refractivity contribution in [1.82, 2.24) is 0 Å². The SMILES string of the molecule is C[C@@H](O)c1c(F)cccc1N(C)c1cccc(F)c1. The summed E-state index contributed by atoms with van der Waals surface area (Å²) >= 11 is 0. The molecule has 0 fully saturated rings. The van der Waals surface area contributed by atoms with Crippen LogP contribution in [0.1, 0.15) is 18.6 Å². The second-order valence-corrected chi connectivity index (χ2v) is 4.39. The maximum absolute atomic E-state index is 13.8. The van der Waals surface area contributed by atoms with Crippen LogP contribution in [0.15, 0.2) is 42.5 Å². The minimum Gasteiger partial charge on any atom is -0.389 e. The Labute approximate surface area is 110 Å². The molecule has 0 aliphatic rings. The molecule has 0 amide bonds. The summed E-state index contributed by atoms with van der Waals surface area (Å²) in [7, 11) is 1.70. The van der Waals surface area contributed by atoms with Crippen molar-refractivity contribution in [3.8, 4) is 0 Å². The van der Waals surface area contributed by atoms with E-state index >= 15 is 0 Å². The number of halogens is 2. The van der Waals surface area contributed by atoms with Crippen LogP contribution in [-0.2, 0) is 0 Å². The fraction of sp³-hybridized carbons (Fsp3) is 0.200. The zero-order valence-electron chi connectivity index (χ0n) is 10.8. The van der Waals surface area contributed by atoms with E-state index in [1.54, 1.807) is 36.2 Å². The van der Waals surface area contributed by atoms with E-state index in [0.29, 0.717) is 11.4 Å². The monoisotopic (exact) mass is 263 g/mol. The smallest absolute Gasteiger partial charge is 0.131 e. The van der Waals surface area contributed by atoms with Crippen LogP contribution < -0.4 is 4.90 Å². The van der Waals surface area contributed by atoms with Gasteiger partial charge in [0.15, 0.2) is 0 Å². The normalized spacial score (nSPS) is 12.3. The van der Waals surface area contributed by atoms with E-state index in [2.05, 4.69) is 0 Å². The van der Waals surface area contributed by atoms with Crippen LogP contribution >= 0.6 is 0 Å². The highest BCUT2D eigenvalue weighted by molar-refractivity contribution is 5.66. The molecule has 0 heterocycles. The van der Waals surface area contributed by atoms with Crippen LogP contribution in [0.3, 0.4) is 0 Å². The van der Waals surface area contributed by atoms with Gasteiger partial charge in [-0.2, -0.15) is 0 Å². The molecule has 0 unspecified atom stereocenters. The Morgan fingerprint density at radius 1 is 1.11 bits per heavy atom. The van der Waals surface area contributed by atoms with E-state index in [1.807, 2.05) is 0 Å². The van der Waals surface area contributed by atoms with Gasteiger partial charge in [0.2, 0.25) is 0 Å². The zero-order valence-corrected chi connectivity index (χ0v) is 10.8. The number of rotatable bonds is 3. The minimum absolute atomic E-state index is 0.203. The van der Waals surface area contributed by atoms with Crippen LogP contribution in [-0.4, -0.2) is 12.2 Å². The molecule has 0 saturated heterocycles. The molecular weight excluding hydrogens is 248 g/mol. The fourth-order valence-electron chi connectivity index (χ4n) is 2.06. The molecule has 0 saturated carbocycles. The Hall–Kier alpha value is -1.94. The summed E-state index contributed by atoms with van der Waals surface area (Å²) in [6.07, 6.45) is -0.938. The third-order valence-electron chi connectivity index (χ3n) is 3.00.